The number of hydrogen-bond acceptors (Lipinski definition) is 11. The molecule has 66 heavy (non-hydrogen) atoms. The Bertz CT molecular complexity index is 1960. The zero-order valence-electron chi connectivity index (χ0n) is 37.8. The molecule has 5 rings (SSSR count). The molecule has 0 aromatic heterocycles. The van der Waals surface area contributed by atoms with E-state index in [4.69, 9.17) is 11.5 Å². The smallest absolute Gasteiger partial charge is 0.326 e. The van der Waals surface area contributed by atoms with Gasteiger partial charge in [-0.15, -0.1) is 0 Å². The number of nitrogens with two attached hydrogens (primary N) is 2. The molecule has 4 aliphatic rings. The number of aliphatic carboxylic acids is 1. The fourth-order valence-corrected chi connectivity index (χ4v) is 9.32. The molecule has 4 heterocycles. The summed E-state index contributed by atoms with van der Waals surface area (Å²) in [6, 6.07) is 0.631. The van der Waals surface area contributed by atoms with Crippen molar-refractivity contribution in [1.82, 2.24) is 41.3 Å². The van der Waals surface area contributed by atoms with Crippen molar-refractivity contribution in [3.8, 4) is 0 Å². The fourth-order valence-electron chi connectivity index (χ4n) is 9.32. The van der Waals surface area contributed by atoms with Crippen LogP contribution in [-0.4, -0.2) is 153 Å². The van der Waals surface area contributed by atoms with E-state index in [1.54, 1.807) is 0 Å². The van der Waals surface area contributed by atoms with Gasteiger partial charge in [0.2, 0.25) is 53.2 Å². The Labute approximate surface area is 384 Å². The highest BCUT2D eigenvalue weighted by molar-refractivity contribution is 5.98. The predicted octanol–water partition coefficient (Wildman–Crippen LogP) is -1.44. The highest BCUT2D eigenvalue weighted by Gasteiger charge is 2.43. The maximum atomic E-state index is 14.4. The minimum Gasteiger partial charge on any atom is -0.480 e. The minimum atomic E-state index is -1.39. The molecule has 1 aromatic carbocycles. The molecule has 0 unspecified atom stereocenters. The summed E-state index contributed by atoms with van der Waals surface area (Å²) in [6.07, 6.45) is 2.66. The number of hydrogen-bond donors (Lipinski definition) is 8. The van der Waals surface area contributed by atoms with Crippen molar-refractivity contribution in [1.29, 1.82) is 0 Å². The summed E-state index contributed by atoms with van der Waals surface area (Å²) in [7, 11) is 0. The van der Waals surface area contributed by atoms with E-state index in [9.17, 15) is 53.1 Å². The Morgan fingerprint density at radius 3 is 1.62 bits per heavy atom. The van der Waals surface area contributed by atoms with Crippen molar-refractivity contribution in [3.63, 3.8) is 0 Å². The van der Waals surface area contributed by atoms with Crippen molar-refractivity contribution in [3.05, 3.63) is 35.9 Å². The van der Waals surface area contributed by atoms with E-state index in [1.165, 1.54) is 14.7 Å². The van der Waals surface area contributed by atoms with Gasteiger partial charge in [0, 0.05) is 38.9 Å². The van der Waals surface area contributed by atoms with Crippen LogP contribution in [-0.2, 0) is 54.4 Å². The van der Waals surface area contributed by atoms with Crippen LogP contribution in [0.4, 0.5) is 0 Å². The molecule has 0 bridgehead atoms. The lowest BCUT2D eigenvalue weighted by Gasteiger charge is -2.32. The van der Waals surface area contributed by atoms with E-state index in [2.05, 4.69) is 26.6 Å². The number of carbonyl (C=O) groups is 10. The number of likely N-dealkylation sites (tertiary alicyclic amines) is 3. The summed E-state index contributed by atoms with van der Waals surface area (Å²) in [5.41, 5.74) is 11.7. The zero-order chi connectivity index (χ0) is 48.1. The van der Waals surface area contributed by atoms with Crippen molar-refractivity contribution in [2.45, 2.75) is 152 Å². The van der Waals surface area contributed by atoms with E-state index < -0.39 is 102 Å². The van der Waals surface area contributed by atoms with E-state index in [-0.39, 0.29) is 89.2 Å². The number of nitrogens with zero attached hydrogens (tertiary/aromatic N) is 3. The number of carbonyl (C=O) groups excluding carboxylic acids is 9. The van der Waals surface area contributed by atoms with Crippen LogP contribution in [0.5, 0.6) is 0 Å². The molecule has 10 N–H and O–H groups in total. The van der Waals surface area contributed by atoms with Gasteiger partial charge in [0.15, 0.2) is 0 Å². The molecular weight excluding hydrogens is 857 g/mol. The van der Waals surface area contributed by atoms with Gasteiger partial charge in [-0.05, 0) is 88.7 Å². The summed E-state index contributed by atoms with van der Waals surface area (Å²) < 4.78 is 0. The molecule has 0 aliphatic carbocycles. The lowest BCUT2D eigenvalue weighted by Crippen LogP contribution is -2.60. The van der Waals surface area contributed by atoms with Gasteiger partial charge in [-0.2, -0.15) is 0 Å². The Balaban J connectivity index is 1.30. The first-order valence-electron chi connectivity index (χ1n) is 23.1. The minimum absolute atomic E-state index is 0.0777. The number of carboxylic acids is 1. The van der Waals surface area contributed by atoms with Gasteiger partial charge in [0.25, 0.3) is 0 Å². The first-order chi connectivity index (χ1) is 31.4. The SMILES string of the molecule is CC(C)C[C@H](NC(=O)[C@H](CCC(N)=O)NC(=O)[C@@H]1CCCN1C(=O)[C@H](CCC(N)=O)NC(=O)[C@@H]1CCCN1C(=O)[C@H](Cc1ccccc1)NC(=O)[C@@H]1CCCN1)C(=O)N1CCC[C@H]1C(=O)O. The monoisotopic (exact) mass is 922 g/mol. The van der Waals surface area contributed by atoms with Gasteiger partial charge in [0.1, 0.15) is 42.3 Å². The Morgan fingerprint density at radius 2 is 1.11 bits per heavy atom. The Kier molecular flexibility index (Phi) is 18.4. The van der Waals surface area contributed by atoms with Crippen LogP contribution in [0.15, 0.2) is 30.3 Å². The molecule has 4 aliphatic heterocycles. The quantitative estimate of drug-likeness (QED) is 0.0663. The van der Waals surface area contributed by atoms with Crippen LogP contribution >= 0.6 is 0 Å². The third-order valence-electron chi connectivity index (χ3n) is 12.7. The second-order valence-corrected chi connectivity index (χ2v) is 18.1. The van der Waals surface area contributed by atoms with Gasteiger partial charge >= 0.3 is 5.97 Å². The predicted molar refractivity (Wildman–Crippen MR) is 237 cm³/mol. The van der Waals surface area contributed by atoms with Crippen LogP contribution in [0.25, 0.3) is 0 Å². The van der Waals surface area contributed by atoms with Crippen LogP contribution in [0.1, 0.15) is 103 Å². The largest absolute Gasteiger partial charge is 0.480 e. The number of carboxylic acid groups (broad SMARTS) is 1. The van der Waals surface area contributed by atoms with Crippen molar-refractivity contribution in [2.24, 2.45) is 17.4 Å². The molecule has 0 saturated carbocycles. The van der Waals surface area contributed by atoms with Crippen LogP contribution in [0.3, 0.4) is 0 Å². The van der Waals surface area contributed by atoms with Gasteiger partial charge in [-0.25, -0.2) is 4.79 Å². The van der Waals surface area contributed by atoms with E-state index in [1.807, 2.05) is 44.2 Å². The van der Waals surface area contributed by atoms with E-state index in [0.717, 1.165) is 12.0 Å². The molecule has 4 saturated heterocycles. The summed E-state index contributed by atoms with van der Waals surface area (Å²) in [5, 5.41) is 23.8. The molecule has 9 amide bonds. The first-order valence-corrected chi connectivity index (χ1v) is 23.1. The molecular formula is C45H66N10O11. The molecule has 1 aromatic rings. The van der Waals surface area contributed by atoms with Gasteiger partial charge in [-0.1, -0.05) is 44.2 Å². The van der Waals surface area contributed by atoms with Gasteiger partial charge in [0.05, 0.1) is 6.04 Å². The highest BCUT2D eigenvalue weighted by Crippen LogP contribution is 2.24. The van der Waals surface area contributed by atoms with Crippen LogP contribution in [0.2, 0.25) is 0 Å². The molecule has 0 radical (unpaired) electrons. The van der Waals surface area contributed by atoms with Crippen LogP contribution in [0, 0.1) is 5.92 Å². The molecule has 21 heteroatoms. The second-order valence-electron chi connectivity index (χ2n) is 18.1. The average Bonchev–Trinajstić information content (AvgIpc) is 4.13. The Hall–Kier alpha value is -6.12. The van der Waals surface area contributed by atoms with E-state index in [0.29, 0.717) is 32.2 Å². The first kappa shape index (κ1) is 50.9. The number of primary amides is 2. The average molecular weight is 923 g/mol. The topological polar surface area (TPSA) is 313 Å². The summed E-state index contributed by atoms with van der Waals surface area (Å²) in [5.74, 6) is -7.06. The van der Waals surface area contributed by atoms with Crippen molar-refractivity contribution in [2.75, 3.05) is 26.2 Å². The lowest BCUT2D eigenvalue weighted by atomic mass is 10.0. The summed E-state index contributed by atoms with van der Waals surface area (Å²) in [6.45, 7) is 4.81. The van der Waals surface area contributed by atoms with E-state index >= 15 is 0 Å². The summed E-state index contributed by atoms with van der Waals surface area (Å²) in [4.78, 5) is 137. The standard InChI is InChI=1S/C45H66N10O11/c1-26(2)24-31(43(63)55-23-9-15-35(55)45(65)66)51-39(59)29(16-18-36(46)56)49-40(60)33-13-7-21-53(33)42(62)30(17-19-37(47)57)50-41(61)34-14-8-22-54(34)44(64)32(25-27-10-4-3-5-11-27)52-38(58)28-12-6-20-48-28/h3-5,10-11,26,28-35,48H,6-9,12-25H2,1-2H3,(H2,46,56)(H2,47,57)(H,49,60)(H,50,61)(H,51,59)(H,52,58)(H,65,66)/t28-,29-,30-,31-,32-,33-,34-,35-/m0/s1. The normalized spacial score (nSPS) is 22.3. The molecule has 21 nitrogen and oxygen atoms in total. The molecule has 8 atom stereocenters. The lowest BCUT2D eigenvalue weighted by molar-refractivity contribution is -0.149. The Morgan fingerprint density at radius 1 is 0.621 bits per heavy atom. The summed E-state index contributed by atoms with van der Waals surface area (Å²) >= 11 is 0. The second kappa shape index (κ2) is 23.9. The maximum Gasteiger partial charge on any atom is 0.326 e. The van der Waals surface area contributed by atoms with Crippen molar-refractivity contribution < 1.29 is 53.1 Å². The number of amides is 9. The number of nitrogens with one attached hydrogen (secondary N) is 5. The highest BCUT2D eigenvalue weighted by atomic mass is 16.4. The molecule has 0 spiro atoms. The number of benzene rings is 1. The third-order valence-corrected chi connectivity index (χ3v) is 12.7. The maximum absolute atomic E-state index is 14.4. The third kappa shape index (κ3) is 13.7. The fraction of sp³-hybridized carbons (Fsp3) is 0.644. The number of rotatable bonds is 22. The van der Waals surface area contributed by atoms with Gasteiger partial charge < -0.3 is 57.9 Å². The van der Waals surface area contributed by atoms with Crippen LogP contribution < -0.4 is 38.1 Å². The van der Waals surface area contributed by atoms with Gasteiger partial charge in [-0.3, -0.25) is 43.2 Å². The van der Waals surface area contributed by atoms with Crippen molar-refractivity contribution >= 4 is 59.1 Å². The molecule has 362 valence electrons. The zero-order valence-corrected chi connectivity index (χ0v) is 37.8. The molecule has 4 fully saturated rings.